The third-order valence-electron chi connectivity index (χ3n) is 4.43. The van der Waals surface area contributed by atoms with Gasteiger partial charge < -0.3 is 9.64 Å². The summed E-state index contributed by atoms with van der Waals surface area (Å²) in [6, 6.07) is 8.65. The Bertz CT molecular complexity index is 481. The van der Waals surface area contributed by atoms with E-state index in [1.807, 2.05) is 19.1 Å². The highest BCUT2D eigenvalue weighted by atomic mass is 79.9. The predicted molar refractivity (Wildman–Crippen MR) is 87.6 cm³/mol. The van der Waals surface area contributed by atoms with Crippen LogP contribution in [0.3, 0.4) is 0 Å². The van der Waals surface area contributed by atoms with Crippen molar-refractivity contribution in [1.29, 1.82) is 0 Å². The van der Waals surface area contributed by atoms with Crippen molar-refractivity contribution in [2.45, 2.75) is 58.2 Å². The van der Waals surface area contributed by atoms with Crippen LogP contribution in [0.25, 0.3) is 0 Å². The van der Waals surface area contributed by atoms with Crippen LogP contribution < -0.4 is 4.90 Å². The molecular formula is C17H25BrNO2+. The number of likely N-dealkylation sites (tertiary alicyclic amines) is 1. The second-order valence-electron chi connectivity index (χ2n) is 6.24. The maximum absolute atomic E-state index is 12.2. The van der Waals surface area contributed by atoms with Crippen molar-refractivity contribution >= 4 is 21.9 Å². The lowest BCUT2D eigenvalue weighted by Gasteiger charge is -2.37. The first-order chi connectivity index (χ1) is 9.97. The smallest absolute Gasteiger partial charge is 0.338 e. The van der Waals surface area contributed by atoms with Gasteiger partial charge in [0.15, 0.2) is 0 Å². The van der Waals surface area contributed by atoms with Gasteiger partial charge in [-0.1, -0.05) is 22.0 Å². The molecule has 2 rings (SSSR count). The molecule has 3 atom stereocenters. The summed E-state index contributed by atoms with van der Waals surface area (Å²) in [6.45, 7) is 7.49. The fourth-order valence-electron chi connectivity index (χ4n) is 3.23. The molecule has 0 amide bonds. The fraction of sp³-hybridized carbons (Fsp3) is 0.588. The molecule has 1 fully saturated rings. The van der Waals surface area contributed by atoms with Crippen LogP contribution in [-0.4, -0.2) is 30.7 Å². The maximum Gasteiger partial charge on any atom is 0.338 e. The SMILES string of the molecule is CC(C[NH+]1C(C)CCCC1C)OC(=O)c1cccc(Br)c1. The third kappa shape index (κ3) is 4.55. The summed E-state index contributed by atoms with van der Waals surface area (Å²) in [7, 11) is 0. The van der Waals surface area contributed by atoms with Gasteiger partial charge in [0.05, 0.1) is 17.6 Å². The Hall–Kier alpha value is -0.870. The Morgan fingerprint density at radius 2 is 2.05 bits per heavy atom. The van der Waals surface area contributed by atoms with E-state index in [-0.39, 0.29) is 12.1 Å². The minimum Gasteiger partial charge on any atom is -0.453 e. The largest absolute Gasteiger partial charge is 0.453 e. The van der Waals surface area contributed by atoms with E-state index >= 15 is 0 Å². The maximum atomic E-state index is 12.2. The molecular weight excluding hydrogens is 330 g/mol. The van der Waals surface area contributed by atoms with Crippen molar-refractivity contribution in [2.75, 3.05) is 6.54 Å². The highest BCUT2D eigenvalue weighted by Crippen LogP contribution is 2.13. The van der Waals surface area contributed by atoms with E-state index in [9.17, 15) is 4.79 Å². The van der Waals surface area contributed by atoms with Gasteiger partial charge in [-0.2, -0.15) is 0 Å². The van der Waals surface area contributed by atoms with Gasteiger partial charge in [-0.25, -0.2) is 4.79 Å². The molecule has 4 heteroatoms. The van der Waals surface area contributed by atoms with E-state index < -0.39 is 0 Å². The van der Waals surface area contributed by atoms with Gasteiger partial charge in [0.25, 0.3) is 0 Å². The van der Waals surface area contributed by atoms with Crippen molar-refractivity contribution in [3.8, 4) is 0 Å². The number of esters is 1. The van der Waals surface area contributed by atoms with E-state index in [4.69, 9.17) is 4.74 Å². The summed E-state index contributed by atoms with van der Waals surface area (Å²) >= 11 is 3.38. The first kappa shape index (κ1) is 16.5. The molecule has 1 aliphatic rings. The Morgan fingerprint density at radius 3 is 2.67 bits per heavy atom. The molecule has 1 aromatic carbocycles. The molecule has 1 heterocycles. The monoisotopic (exact) mass is 354 g/mol. The Labute approximate surface area is 135 Å². The molecule has 116 valence electrons. The molecule has 0 saturated carbocycles. The van der Waals surface area contributed by atoms with Gasteiger partial charge >= 0.3 is 5.97 Å². The molecule has 1 aromatic rings. The zero-order valence-corrected chi connectivity index (χ0v) is 14.7. The first-order valence-corrected chi connectivity index (χ1v) is 8.58. The van der Waals surface area contributed by atoms with Crippen LogP contribution in [0, 0.1) is 0 Å². The summed E-state index contributed by atoms with van der Waals surface area (Å²) in [6.07, 6.45) is 3.80. The lowest BCUT2D eigenvalue weighted by atomic mass is 9.97. The van der Waals surface area contributed by atoms with Crippen molar-refractivity contribution in [1.82, 2.24) is 0 Å². The number of quaternary nitrogens is 1. The van der Waals surface area contributed by atoms with Crippen LogP contribution in [-0.2, 0) is 4.74 Å². The molecule has 1 N–H and O–H groups in total. The second kappa shape index (κ2) is 7.41. The molecule has 3 nitrogen and oxygen atoms in total. The molecule has 0 bridgehead atoms. The van der Waals surface area contributed by atoms with Crippen molar-refractivity contribution in [3.63, 3.8) is 0 Å². The third-order valence-corrected chi connectivity index (χ3v) is 4.93. The average Bonchev–Trinajstić information content (AvgIpc) is 2.43. The molecule has 0 radical (unpaired) electrons. The van der Waals surface area contributed by atoms with Gasteiger partial charge in [0.1, 0.15) is 12.6 Å². The molecule has 0 spiro atoms. The molecule has 3 unspecified atom stereocenters. The zero-order chi connectivity index (χ0) is 15.4. The standard InChI is InChI=1S/C17H24BrNO2/c1-12-6-4-7-13(2)19(12)11-14(3)21-17(20)15-8-5-9-16(18)10-15/h5,8-10,12-14H,4,6-7,11H2,1-3H3/p+1. The molecule has 0 aromatic heterocycles. The lowest BCUT2D eigenvalue weighted by Crippen LogP contribution is -3.20. The number of carbonyl (C=O) groups excluding carboxylic acids is 1. The molecule has 1 aliphatic heterocycles. The number of hydrogen-bond acceptors (Lipinski definition) is 2. The van der Waals surface area contributed by atoms with Gasteiger partial charge in [0, 0.05) is 4.47 Å². The van der Waals surface area contributed by atoms with E-state index in [0.717, 1.165) is 11.0 Å². The van der Waals surface area contributed by atoms with Crippen LogP contribution in [0.5, 0.6) is 0 Å². The zero-order valence-electron chi connectivity index (χ0n) is 13.1. The normalized spacial score (nSPS) is 27.1. The van der Waals surface area contributed by atoms with Crippen LogP contribution in [0.2, 0.25) is 0 Å². The summed E-state index contributed by atoms with van der Waals surface area (Å²) in [5, 5.41) is 0. The van der Waals surface area contributed by atoms with Gasteiger partial charge in [0.2, 0.25) is 0 Å². The number of piperidine rings is 1. The van der Waals surface area contributed by atoms with Crippen LogP contribution in [0.15, 0.2) is 28.7 Å². The molecule has 0 aliphatic carbocycles. The van der Waals surface area contributed by atoms with Crippen LogP contribution in [0.1, 0.15) is 50.4 Å². The number of ether oxygens (including phenoxy) is 1. The highest BCUT2D eigenvalue weighted by Gasteiger charge is 2.30. The van der Waals surface area contributed by atoms with Crippen LogP contribution in [0.4, 0.5) is 0 Å². The van der Waals surface area contributed by atoms with Crippen molar-refractivity contribution in [2.24, 2.45) is 0 Å². The first-order valence-electron chi connectivity index (χ1n) is 7.79. The Morgan fingerprint density at radius 1 is 1.38 bits per heavy atom. The van der Waals surface area contributed by atoms with E-state index in [1.54, 1.807) is 17.0 Å². The predicted octanol–water partition coefficient (Wildman–Crippen LogP) is 2.84. The number of rotatable bonds is 4. The molecule has 1 saturated heterocycles. The van der Waals surface area contributed by atoms with Crippen LogP contribution >= 0.6 is 15.9 Å². The van der Waals surface area contributed by atoms with E-state index in [1.165, 1.54) is 19.3 Å². The number of nitrogens with one attached hydrogen (secondary N) is 1. The second-order valence-corrected chi connectivity index (χ2v) is 7.15. The minimum absolute atomic E-state index is 0.0607. The molecule has 21 heavy (non-hydrogen) atoms. The van der Waals surface area contributed by atoms with Crippen molar-refractivity contribution in [3.05, 3.63) is 34.3 Å². The summed E-state index contributed by atoms with van der Waals surface area (Å²) in [4.78, 5) is 13.7. The minimum atomic E-state index is -0.236. The Balaban J connectivity index is 1.92. The Kier molecular flexibility index (Phi) is 5.82. The number of benzene rings is 1. The summed E-state index contributed by atoms with van der Waals surface area (Å²) in [5.74, 6) is -0.236. The topological polar surface area (TPSA) is 30.7 Å². The van der Waals surface area contributed by atoms with E-state index in [2.05, 4.69) is 29.8 Å². The highest BCUT2D eigenvalue weighted by molar-refractivity contribution is 9.10. The van der Waals surface area contributed by atoms with E-state index in [0.29, 0.717) is 17.6 Å². The lowest BCUT2D eigenvalue weighted by molar-refractivity contribution is -0.953. The van der Waals surface area contributed by atoms with Gasteiger partial charge in [-0.15, -0.1) is 0 Å². The average molecular weight is 355 g/mol. The number of halogens is 1. The van der Waals surface area contributed by atoms with Gasteiger partial charge in [-0.05, 0) is 58.2 Å². The summed E-state index contributed by atoms with van der Waals surface area (Å²) in [5.41, 5.74) is 0.603. The fourth-order valence-corrected chi connectivity index (χ4v) is 3.63. The van der Waals surface area contributed by atoms with Crippen molar-refractivity contribution < 1.29 is 14.4 Å². The van der Waals surface area contributed by atoms with Gasteiger partial charge in [-0.3, -0.25) is 0 Å². The quantitative estimate of drug-likeness (QED) is 0.842. The number of carbonyl (C=O) groups is 1. The number of hydrogen-bond donors (Lipinski definition) is 1. The summed E-state index contributed by atoms with van der Waals surface area (Å²) < 4.78 is 6.51.